The smallest absolute Gasteiger partial charge is 0.170 e. The highest BCUT2D eigenvalue weighted by atomic mass is 16.5. The maximum absolute atomic E-state index is 12.9. The van der Waals surface area contributed by atoms with Crippen LogP contribution in [0.3, 0.4) is 0 Å². The van der Waals surface area contributed by atoms with Crippen molar-refractivity contribution in [1.82, 2.24) is 9.55 Å². The highest BCUT2D eigenvalue weighted by Crippen LogP contribution is 2.44. The lowest BCUT2D eigenvalue weighted by Gasteiger charge is -2.35. The fourth-order valence-corrected chi connectivity index (χ4v) is 4.51. The van der Waals surface area contributed by atoms with Crippen molar-refractivity contribution in [3.63, 3.8) is 0 Å². The van der Waals surface area contributed by atoms with Crippen LogP contribution in [0.4, 0.5) is 0 Å². The molecule has 2 aromatic carbocycles. The molecule has 0 amide bonds. The van der Waals surface area contributed by atoms with Gasteiger partial charge in [-0.05, 0) is 55.7 Å². The number of ketones is 1. The summed E-state index contributed by atoms with van der Waals surface area (Å²) in [5, 5.41) is 9.66. The van der Waals surface area contributed by atoms with Crippen molar-refractivity contribution in [2.24, 2.45) is 5.92 Å². The maximum Gasteiger partial charge on any atom is 0.170 e. The number of methoxy groups -OCH3 is 2. The molecular weight excluding hydrogens is 390 g/mol. The van der Waals surface area contributed by atoms with Crippen molar-refractivity contribution < 1.29 is 14.3 Å². The quantitative estimate of drug-likeness (QED) is 0.509. The van der Waals surface area contributed by atoms with Gasteiger partial charge in [-0.2, -0.15) is 5.26 Å². The number of hydrogen-bond acceptors (Lipinski definition) is 5. The van der Waals surface area contributed by atoms with Gasteiger partial charge < -0.3 is 9.47 Å². The Labute approximate surface area is 181 Å². The second kappa shape index (κ2) is 7.42. The van der Waals surface area contributed by atoms with Gasteiger partial charge in [0.25, 0.3) is 0 Å². The predicted molar refractivity (Wildman–Crippen MR) is 117 cm³/mol. The molecule has 6 nitrogen and oxygen atoms in total. The zero-order valence-electron chi connectivity index (χ0n) is 17.9. The summed E-state index contributed by atoms with van der Waals surface area (Å²) in [6.07, 6.45) is 7.42. The molecule has 0 aliphatic heterocycles. The first kappa shape index (κ1) is 19.6. The van der Waals surface area contributed by atoms with E-state index in [4.69, 9.17) is 9.47 Å². The number of nitriles is 1. The monoisotopic (exact) mass is 415 g/mol. The highest BCUT2D eigenvalue weighted by molar-refractivity contribution is 6.02. The van der Waals surface area contributed by atoms with Crippen molar-refractivity contribution in [3.8, 4) is 23.3 Å². The first-order chi connectivity index (χ1) is 15.1. The van der Waals surface area contributed by atoms with Crippen LogP contribution in [0, 0.1) is 17.2 Å². The van der Waals surface area contributed by atoms with Gasteiger partial charge in [-0.3, -0.25) is 9.36 Å². The van der Waals surface area contributed by atoms with Gasteiger partial charge in [0.15, 0.2) is 5.78 Å². The molecule has 0 saturated heterocycles. The van der Waals surface area contributed by atoms with Crippen molar-refractivity contribution in [2.45, 2.75) is 43.9 Å². The molecule has 3 aromatic rings. The van der Waals surface area contributed by atoms with E-state index in [0.29, 0.717) is 29.4 Å². The van der Waals surface area contributed by atoms with Crippen LogP contribution >= 0.6 is 0 Å². The van der Waals surface area contributed by atoms with Crippen molar-refractivity contribution in [1.29, 1.82) is 5.26 Å². The second-order valence-electron chi connectivity index (χ2n) is 8.66. The molecule has 2 saturated carbocycles. The second-order valence-corrected chi connectivity index (χ2v) is 8.66. The third-order valence-electron chi connectivity index (χ3n) is 6.74. The van der Waals surface area contributed by atoms with Crippen molar-refractivity contribution in [3.05, 3.63) is 47.8 Å². The van der Waals surface area contributed by atoms with Crippen LogP contribution in [-0.2, 0) is 5.41 Å². The minimum absolute atomic E-state index is 0.0604. The molecular formula is C25H25N3O3. The number of carbonyl (C=O) groups is 1. The van der Waals surface area contributed by atoms with E-state index < -0.39 is 0 Å². The standard InChI is InChI=1S/C25H25N3O3/c1-30-22-12-18(13-23(31-2)24(22)21(29)10-16-4-5-16)28-15-27-19-11-17(6-7-20(19)28)25(14-26)8-3-9-25/h6-7,11-13,15-16H,3-5,8-10H2,1-2H3. The topological polar surface area (TPSA) is 77.1 Å². The lowest BCUT2D eigenvalue weighted by molar-refractivity contribution is 0.0970. The molecule has 0 N–H and O–H groups in total. The average Bonchev–Trinajstić information content (AvgIpc) is 3.47. The van der Waals surface area contributed by atoms with Crippen LogP contribution < -0.4 is 9.47 Å². The van der Waals surface area contributed by atoms with Gasteiger partial charge in [0, 0.05) is 18.6 Å². The van der Waals surface area contributed by atoms with Gasteiger partial charge in [-0.1, -0.05) is 6.07 Å². The summed E-state index contributed by atoms with van der Waals surface area (Å²) >= 11 is 0. The third kappa shape index (κ3) is 3.25. The average molecular weight is 415 g/mol. The summed E-state index contributed by atoms with van der Waals surface area (Å²) in [4.78, 5) is 17.4. The zero-order chi connectivity index (χ0) is 21.6. The van der Waals surface area contributed by atoms with Crippen LogP contribution in [0.2, 0.25) is 0 Å². The fraction of sp³-hybridized carbons (Fsp3) is 0.400. The summed E-state index contributed by atoms with van der Waals surface area (Å²) < 4.78 is 13.1. The Hall–Kier alpha value is -3.33. The fourth-order valence-electron chi connectivity index (χ4n) is 4.51. The van der Waals surface area contributed by atoms with Crippen LogP contribution in [0.15, 0.2) is 36.7 Å². The zero-order valence-corrected chi connectivity index (χ0v) is 17.9. The molecule has 0 atom stereocenters. The van der Waals surface area contributed by atoms with Gasteiger partial charge >= 0.3 is 0 Å². The van der Waals surface area contributed by atoms with Crippen molar-refractivity contribution >= 4 is 16.8 Å². The SMILES string of the molecule is COc1cc(-n2cnc3cc(C4(C#N)CCC4)ccc32)cc(OC)c1C(=O)CC1CC1. The molecule has 0 radical (unpaired) electrons. The van der Waals surface area contributed by atoms with Gasteiger partial charge in [-0.25, -0.2) is 4.98 Å². The predicted octanol–water partition coefficient (Wildman–Crippen LogP) is 4.97. The Morgan fingerprint density at radius 1 is 1.19 bits per heavy atom. The lowest BCUT2D eigenvalue weighted by atomic mass is 9.65. The molecule has 5 rings (SSSR count). The van der Waals surface area contributed by atoms with Crippen molar-refractivity contribution in [2.75, 3.05) is 14.2 Å². The van der Waals surface area contributed by atoms with E-state index in [9.17, 15) is 10.1 Å². The number of benzene rings is 2. The van der Waals surface area contributed by atoms with Gasteiger partial charge in [0.2, 0.25) is 0 Å². The van der Waals surface area contributed by atoms with Crippen LogP contribution in [0.1, 0.15) is 54.4 Å². The molecule has 1 heterocycles. The van der Waals surface area contributed by atoms with Gasteiger partial charge in [0.05, 0.1) is 42.4 Å². The number of nitrogens with zero attached hydrogens (tertiary/aromatic N) is 3. The molecule has 158 valence electrons. The number of imidazole rings is 1. The minimum atomic E-state index is -0.367. The number of carbonyl (C=O) groups excluding carboxylic acids is 1. The summed E-state index contributed by atoms with van der Waals surface area (Å²) in [6, 6.07) is 12.3. The van der Waals surface area contributed by atoms with E-state index in [1.54, 1.807) is 20.5 Å². The van der Waals surface area contributed by atoms with E-state index in [-0.39, 0.29) is 11.2 Å². The number of Topliss-reactive ketones (excluding diaryl/α,β-unsaturated/α-hetero) is 1. The Morgan fingerprint density at radius 2 is 1.90 bits per heavy atom. The third-order valence-corrected chi connectivity index (χ3v) is 6.74. The molecule has 6 heteroatoms. The minimum Gasteiger partial charge on any atom is -0.496 e. The van der Waals surface area contributed by atoms with E-state index in [2.05, 4.69) is 11.1 Å². The summed E-state index contributed by atoms with van der Waals surface area (Å²) in [7, 11) is 3.15. The number of ether oxygens (including phenoxy) is 2. The molecule has 0 unspecified atom stereocenters. The molecule has 2 aliphatic rings. The molecule has 2 aliphatic carbocycles. The summed E-state index contributed by atoms with van der Waals surface area (Å²) in [5.41, 5.74) is 3.76. The normalized spacial score (nSPS) is 17.1. The van der Waals surface area contributed by atoms with E-state index in [1.165, 1.54) is 0 Å². The van der Waals surface area contributed by atoms with E-state index >= 15 is 0 Å². The molecule has 1 aromatic heterocycles. The van der Waals surface area contributed by atoms with Gasteiger partial charge in [0.1, 0.15) is 23.4 Å². The Morgan fingerprint density at radius 3 is 2.45 bits per heavy atom. The Balaban J connectivity index is 1.56. The summed E-state index contributed by atoms with van der Waals surface area (Å²) in [6.45, 7) is 0. The first-order valence-electron chi connectivity index (χ1n) is 10.8. The highest BCUT2D eigenvalue weighted by Gasteiger charge is 2.39. The van der Waals surface area contributed by atoms with Crippen LogP contribution in [-0.4, -0.2) is 29.6 Å². The van der Waals surface area contributed by atoms with Gasteiger partial charge in [-0.15, -0.1) is 0 Å². The maximum atomic E-state index is 12.9. The molecule has 0 bridgehead atoms. The van der Waals surface area contributed by atoms with Crippen LogP contribution in [0.25, 0.3) is 16.7 Å². The lowest BCUT2D eigenvalue weighted by Crippen LogP contribution is -2.32. The van der Waals surface area contributed by atoms with E-state index in [1.807, 2.05) is 34.9 Å². The number of aromatic nitrogens is 2. The Bertz CT molecular complexity index is 1190. The number of rotatable bonds is 7. The number of hydrogen-bond donors (Lipinski definition) is 0. The first-order valence-corrected chi connectivity index (χ1v) is 10.8. The Kier molecular flexibility index (Phi) is 4.70. The van der Waals surface area contributed by atoms with Crippen LogP contribution in [0.5, 0.6) is 11.5 Å². The molecule has 0 spiro atoms. The van der Waals surface area contributed by atoms with E-state index in [0.717, 1.165) is 54.4 Å². The summed E-state index contributed by atoms with van der Waals surface area (Å²) in [5.74, 6) is 1.57. The number of fused-ring (bicyclic) bond motifs is 1. The largest absolute Gasteiger partial charge is 0.496 e. The molecule has 31 heavy (non-hydrogen) atoms. The molecule has 2 fully saturated rings.